The van der Waals surface area contributed by atoms with Crippen LogP contribution in [-0.4, -0.2) is 17.3 Å². The molecule has 0 amide bonds. The molecule has 76 valence electrons. The lowest BCUT2D eigenvalue weighted by Gasteiger charge is -2.16. The van der Waals surface area contributed by atoms with Crippen molar-refractivity contribution in [1.82, 2.24) is 0 Å². The fraction of sp³-hybridized carbons (Fsp3) is 0.273. The Balaban J connectivity index is 2.89. The first kappa shape index (κ1) is 10.8. The highest BCUT2D eigenvalue weighted by Crippen LogP contribution is 2.18. The van der Waals surface area contributed by atoms with E-state index in [2.05, 4.69) is 6.58 Å². The van der Waals surface area contributed by atoms with E-state index in [0.29, 0.717) is 11.3 Å². The molecule has 3 nitrogen and oxygen atoms in total. The molecule has 1 rings (SSSR count). The van der Waals surface area contributed by atoms with Gasteiger partial charge in [0.05, 0.1) is 0 Å². The van der Waals surface area contributed by atoms with Crippen LogP contribution in [-0.2, 0) is 0 Å². The van der Waals surface area contributed by atoms with Gasteiger partial charge in [-0.2, -0.15) is 0 Å². The van der Waals surface area contributed by atoms with E-state index in [1.807, 2.05) is 6.08 Å². The topological polar surface area (TPSA) is 72.3 Å². The summed E-state index contributed by atoms with van der Waals surface area (Å²) in [7, 11) is 0. The molecule has 5 N–H and O–H groups in total. The number of hydrogen-bond acceptors (Lipinski definition) is 3. The van der Waals surface area contributed by atoms with Crippen LogP contribution < -0.4 is 11.5 Å². The van der Waals surface area contributed by atoms with Crippen LogP contribution in [0.25, 0.3) is 0 Å². The minimum atomic E-state index is -0.669. The molecule has 14 heavy (non-hydrogen) atoms. The zero-order chi connectivity index (χ0) is 10.7. The van der Waals surface area contributed by atoms with Crippen molar-refractivity contribution < 1.29 is 5.11 Å². The van der Waals surface area contributed by atoms with E-state index < -0.39 is 6.10 Å². The van der Waals surface area contributed by atoms with Crippen LogP contribution in [0.15, 0.2) is 47.7 Å². The minimum Gasteiger partial charge on any atom is -0.401 e. The fourth-order valence-electron chi connectivity index (χ4n) is 1.13. The largest absolute Gasteiger partial charge is 0.401 e. The van der Waals surface area contributed by atoms with Crippen LogP contribution >= 0.6 is 0 Å². The molecular weight excluding hydrogens is 176 g/mol. The Morgan fingerprint density at radius 2 is 2.36 bits per heavy atom. The third-order valence-electron chi connectivity index (χ3n) is 2.13. The van der Waals surface area contributed by atoms with Crippen molar-refractivity contribution in [3.8, 4) is 0 Å². The summed E-state index contributed by atoms with van der Waals surface area (Å²) in [6.07, 6.45) is 6.43. The van der Waals surface area contributed by atoms with E-state index in [1.54, 1.807) is 25.2 Å². The molecule has 0 aliphatic heterocycles. The molecular formula is C11H16N2O. The quantitative estimate of drug-likeness (QED) is 0.599. The molecule has 0 saturated heterocycles. The van der Waals surface area contributed by atoms with Gasteiger partial charge in [-0.3, -0.25) is 0 Å². The maximum Gasteiger partial charge on any atom is 0.104 e. The normalized spacial score (nSPS) is 24.8. The molecule has 2 unspecified atom stereocenters. The van der Waals surface area contributed by atoms with E-state index in [-0.39, 0.29) is 6.04 Å². The zero-order valence-electron chi connectivity index (χ0n) is 8.27. The Morgan fingerprint density at radius 1 is 1.71 bits per heavy atom. The first-order valence-electron chi connectivity index (χ1n) is 4.50. The Labute approximate surface area is 84.1 Å². The maximum atomic E-state index is 9.71. The van der Waals surface area contributed by atoms with Crippen LogP contribution in [0, 0.1) is 0 Å². The van der Waals surface area contributed by atoms with Crippen molar-refractivity contribution >= 4 is 0 Å². The van der Waals surface area contributed by atoms with E-state index in [4.69, 9.17) is 11.5 Å². The van der Waals surface area contributed by atoms with Gasteiger partial charge in [0.2, 0.25) is 0 Å². The molecule has 0 aromatic heterocycles. The third-order valence-corrected chi connectivity index (χ3v) is 2.13. The number of aliphatic hydroxyl groups is 1. The van der Waals surface area contributed by atoms with Gasteiger partial charge >= 0.3 is 0 Å². The van der Waals surface area contributed by atoms with Gasteiger partial charge in [-0.25, -0.2) is 0 Å². The Bertz CT molecular complexity index is 324. The second-order valence-corrected chi connectivity index (χ2v) is 3.44. The van der Waals surface area contributed by atoms with Gasteiger partial charge in [0.15, 0.2) is 0 Å². The first-order valence-corrected chi connectivity index (χ1v) is 4.50. The highest BCUT2D eigenvalue weighted by molar-refractivity contribution is 5.44. The summed E-state index contributed by atoms with van der Waals surface area (Å²) in [5.74, 6) is 0. The average molecular weight is 192 g/mol. The van der Waals surface area contributed by atoms with Crippen molar-refractivity contribution in [3.05, 3.63) is 47.7 Å². The van der Waals surface area contributed by atoms with Crippen LogP contribution in [0.3, 0.4) is 0 Å². The molecule has 2 atom stereocenters. The molecule has 0 saturated carbocycles. The van der Waals surface area contributed by atoms with Crippen LogP contribution in [0.5, 0.6) is 0 Å². The summed E-state index contributed by atoms with van der Waals surface area (Å²) in [5, 5.41) is 9.71. The van der Waals surface area contributed by atoms with Crippen molar-refractivity contribution in [2.45, 2.75) is 19.1 Å². The number of allylic oxidation sites excluding steroid dienone is 2. The predicted octanol–water partition coefficient (Wildman–Crippen LogP) is 0.590. The third kappa shape index (κ3) is 2.34. The summed E-state index contributed by atoms with van der Waals surface area (Å²) in [6.45, 7) is 5.52. The maximum absolute atomic E-state index is 9.71. The second kappa shape index (κ2) is 4.26. The van der Waals surface area contributed by atoms with Crippen molar-refractivity contribution in [1.29, 1.82) is 0 Å². The van der Waals surface area contributed by atoms with E-state index >= 15 is 0 Å². The van der Waals surface area contributed by atoms with Gasteiger partial charge < -0.3 is 16.6 Å². The van der Waals surface area contributed by atoms with Gasteiger partial charge in [-0.05, 0) is 24.1 Å². The highest BCUT2D eigenvalue weighted by atomic mass is 16.3. The van der Waals surface area contributed by atoms with E-state index in [9.17, 15) is 5.11 Å². The molecule has 0 radical (unpaired) electrons. The number of hydrogen-bond donors (Lipinski definition) is 3. The van der Waals surface area contributed by atoms with E-state index in [0.717, 1.165) is 5.57 Å². The molecule has 1 aliphatic rings. The summed E-state index contributed by atoms with van der Waals surface area (Å²) < 4.78 is 0. The predicted molar refractivity (Wildman–Crippen MR) is 58.3 cm³/mol. The van der Waals surface area contributed by atoms with Crippen molar-refractivity contribution in [3.63, 3.8) is 0 Å². The Hall–Kier alpha value is -1.32. The lowest BCUT2D eigenvalue weighted by Crippen LogP contribution is -2.25. The summed E-state index contributed by atoms with van der Waals surface area (Å²) >= 11 is 0. The molecule has 0 heterocycles. The van der Waals surface area contributed by atoms with Gasteiger partial charge in [0.25, 0.3) is 0 Å². The fourth-order valence-corrected chi connectivity index (χ4v) is 1.13. The molecule has 0 spiro atoms. The van der Waals surface area contributed by atoms with Gasteiger partial charge in [-0.1, -0.05) is 24.8 Å². The average Bonchev–Trinajstić information content (AvgIpc) is 2.12. The molecule has 0 aromatic carbocycles. The van der Waals surface area contributed by atoms with Crippen molar-refractivity contribution in [2.24, 2.45) is 11.5 Å². The zero-order valence-corrected chi connectivity index (χ0v) is 8.27. The lowest BCUT2D eigenvalue weighted by atomic mass is 9.96. The summed E-state index contributed by atoms with van der Waals surface area (Å²) in [6, 6.07) is -0.206. The molecule has 0 fully saturated rings. The molecule has 1 aliphatic carbocycles. The Kier molecular flexibility index (Phi) is 3.28. The van der Waals surface area contributed by atoms with E-state index in [1.165, 1.54) is 0 Å². The number of aliphatic hydroxyl groups excluding tert-OH is 1. The highest BCUT2D eigenvalue weighted by Gasteiger charge is 2.13. The van der Waals surface area contributed by atoms with Crippen LogP contribution in [0.4, 0.5) is 0 Å². The SMILES string of the molecule is C=C1C=CC=C(C=C(N)C(C)N)C1O. The first-order chi connectivity index (χ1) is 6.52. The molecule has 0 bridgehead atoms. The van der Waals surface area contributed by atoms with Gasteiger partial charge in [0, 0.05) is 11.7 Å². The Morgan fingerprint density at radius 3 is 2.93 bits per heavy atom. The standard InChI is InChI=1S/C11H16N2O/c1-7-4-3-5-9(11(7)14)6-10(13)8(2)12/h3-6,8,11,14H,1,12-13H2,2H3. The summed E-state index contributed by atoms with van der Waals surface area (Å²) in [5.41, 5.74) is 13.2. The number of rotatable bonds is 2. The van der Waals surface area contributed by atoms with Gasteiger partial charge in [0.1, 0.15) is 6.10 Å². The monoisotopic (exact) mass is 192 g/mol. The molecule has 0 aromatic rings. The molecule has 3 heteroatoms. The smallest absolute Gasteiger partial charge is 0.104 e. The second-order valence-electron chi connectivity index (χ2n) is 3.44. The summed E-state index contributed by atoms with van der Waals surface area (Å²) in [4.78, 5) is 0. The van der Waals surface area contributed by atoms with Crippen LogP contribution in [0.2, 0.25) is 0 Å². The lowest BCUT2D eigenvalue weighted by molar-refractivity contribution is 0.253. The van der Waals surface area contributed by atoms with Crippen LogP contribution in [0.1, 0.15) is 6.92 Å². The minimum absolute atomic E-state index is 0.206. The number of nitrogens with two attached hydrogens (primary N) is 2. The van der Waals surface area contributed by atoms with Crippen molar-refractivity contribution in [2.75, 3.05) is 0 Å². The van der Waals surface area contributed by atoms with Gasteiger partial charge in [-0.15, -0.1) is 0 Å².